The van der Waals surface area contributed by atoms with E-state index in [1.807, 2.05) is 24.3 Å². The maximum absolute atomic E-state index is 11.7. The topological polar surface area (TPSA) is 47.6 Å². The van der Waals surface area contributed by atoms with Gasteiger partial charge in [-0.25, -0.2) is 0 Å². The van der Waals surface area contributed by atoms with Gasteiger partial charge in [0.05, 0.1) is 20.1 Å². The molecular weight excluding hydrogens is 242 g/mol. The van der Waals surface area contributed by atoms with E-state index in [1.54, 1.807) is 7.11 Å². The number of hydrogen-bond donors (Lipinski definition) is 1. The first kappa shape index (κ1) is 15.3. The van der Waals surface area contributed by atoms with E-state index in [1.165, 1.54) is 0 Å². The van der Waals surface area contributed by atoms with Crippen molar-refractivity contribution in [3.8, 4) is 11.5 Å². The predicted octanol–water partition coefficient (Wildman–Crippen LogP) is 2.77. The van der Waals surface area contributed by atoms with E-state index in [-0.39, 0.29) is 11.9 Å². The number of methoxy groups -OCH3 is 1. The van der Waals surface area contributed by atoms with E-state index in [0.29, 0.717) is 24.5 Å². The third-order valence-electron chi connectivity index (χ3n) is 3.01. The molecule has 19 heavy (non-hydrogen) atoms. The van der Waals surface area contributed by atoms with Gasteiger partial charge in [-0.05, 0) is 25.0 Å². The summed E-state index contributed by atoms with van der Waals surface area (Å²) in [7, 11) is 1.60. The van der Waals surface area contributed by atoms with Gasteiger partial charge in [0, 0.05) is 6.04 Å². The largest absolute Gasteiger partial charge is 0.493 e. The quantitative estimate of drug-likeness (QED) is 0.786. The Morgan fingerprint density at radius 3 is 2.42 bits per heavy atom. The third-order valence-corrected chi connectivity index (χ3v) is 3.01. The number of para-hydroxylation sites is 2. The van der Waals surface area contributed by atoms with Crippen LogP contribution in [0.3, 0.4) is 0 Å². The normalized spacial score (nSPS) is 10.3. The predicted molar refractivity (Wildman–Crippen MR) is 75.6 cm³/mol. The van der Waals surface area contributed by atoms with E-state index < -0.39 is 0 Å². The van der Waals surface area contributed by atoms with Crippen molar-refractivity contribution in [2.45, 2.75) is 39.2 Å². The van der Waals surface area contributed by atoms with Crippen LogP contribution in [0, 0.1) is 0 Å². The fourth-order valence-corrected chi connectivity index (χ4v) is 1.78. The average molecular weight is 265 g/mol. The zero-order chi connectivity index (χ0) is 14.1. The van der Waals surface area contributed by atoms with Crippen molar-refractivity contribution in [2.24, 2.45) is 0 Å². The van der Waals surface area contributed by atoms with Crippen molar-refractivity contribution in [1.82, 2.24) is 5.32 Å². The lowest BCUT2D eigenvalue weighted by molar-refractivity contribution is -0.122. The summed E-state index contributed by atoms with van der Waals surface area (Å²) in [6, 6.07) is 7.68. The van der Waals surface area contributed by atoms with E-state index >= 15 is 0 Å². The molecule has 1 N–H and O–H groups in total. The first-order valence-corrected chi connectivity index (χ1v) is 6.76. The van der Waals surface area contributed by atoms with Gasteiger partial charge in [-0.15, -0.1) is 0 Å². The summed E-state index contributed by atoms with van der Waals surface area (Å²) in [6.45, 7) is 4.49. The number of hydrogen-bond acceptors (Lipinski definition) is 3. The van der Waals surface area contributed by atoms with Crippen LogP contribution in [-0.2, 0) is 4.79 Å². The van der Waals surface area contributed by atoms with Gasteiger partial charge < -0.3 is 14.8 Å². The molecule has 1 aromatic carbocycles. The molecule has 0 aromatic heterocycles. The minimum absolute atomic E-state index is 0.0311. The van der Waals surface area contributed by atoms with Gasteiger partial charge in [0.15, 0.2) is 11.5 Å². The number of rotatable bonds is 8. The highest BCUT2D eigenvalue weighted by Crippen LogP contribution is 2.25. The summed E-state index contributed by atoms with van der Waals surface area (Å²) < 4.78 is 10.7. The molecule has 0 unspecified atom stereocenters. The lowest BCUT2D eigenvalue weighted by Gasteiger charge is -2.15. The van der Waals surface area contributed by atoms with Gasteiger partial charge in [0.1, 0.15) is 0 Å². The van der Waals surface area contributed by atoms with Crippen molar-refractivity contribution in [1.29, 1.82) is 0 Å². The Bertz CT molecular complexity index is 389. The Morgan fingerprint density at radius 1 is 1.21 bits per heavy atom. The van der Waals surface area contributed by atoms with Crippen molar-refractivity contribution in [3.05, 3.63) is 24.3 Å². The fraction of sp³-hybridized carbons (Fsp3) is 0.533. The summed E-state index contributed by atoms with van der Waals surface area (Å²) in [6.07, 6.45) is 2.26. The molecule has 1 aromatic rings. The lowest BCUT2D eigenvalue weighted by atomic mass is 10.1. The summed E-state index contributed by atoms with van der Waals surface area (Å²) >= 11 is 0. The second-order valence-corrected chi connectivity index (χ2v) is 4.33. The van der Waals surface area contributed by atoms with Crippen molar-refractivity contribution in [3.63, 3.8) is 0 Å². The average Bonchev–Trinajstić information content (AvgIpc) is 2.45. The van der Waals surface area contributed by atoms with Crippen molar-refractivity contribution >= 4 is 5.91 Å². The second-order valence-electron chi connectivity index (χ2n) is 4.33. The lowest BCUT2D eigenvalue weighted by Crippen LogP contribution is -2.34. The van der Waals surface area contributed by atoms with Crippen LogP contribution in [0.1, 0.15) is 33.1 Å². The Hall–Kier alpha value is -1.71. The molecule has 0 spiro atoms. The zero-order valence-corrected chi connectivity index (χ0v) is 11.9. The van der Waals surface area contributed by atoms with Crippen molar-refractivity contribution < 1.29 is 14.3 Å². The molecule has 4 heteroatoms. The van der Waals surface area contributed by atoms with E-state index in [4.69, 9.17) is 9.47 Å². The van der Waals surface area contributed by atoms with Crippen molar-refractivity contribution in [2.75, 3.05) is 13.7 Å². The number of ether oxygens (including phenoxy) is 2. The number of carbonyl (C=O) groups is 1. The molecule has 0 fully saturated rings. The maximum Gasteiger partial charge on any atom is 0.223 e. The molecule has 0 atom stereocenters. The van der Waals surface area contributed by atoms with Gasteiger partial charge >= 0.3 is 0 Å². The molecule has 0 saturated heterocycles. The van der Waals surface area contributed by atoms with E-state index in [2.05, 4.69) is 19.2 Å². The Labute approximate surface area is 115 Å². The Balaban J connectivity index is 2.35. The summed E-state index contributed by atoms with van der Waals surface area (Å²) in [5.74, 6) is 1.38. The van der Waals surface area contributed by atoms with Gasteiger partial charge in [0.2, 0.25) is 5.91 Å². The van der Waals surface area contributed by atoms with Gasteiger partial charge in [0.25, 0.3) is 0 Å². The highest BCUT2D eigenvalue weighted by molar-refractivity contribution is 5.76. The molecule has 0 saturated carbocycles. The van der Waals surface area contributed by atoms with Crippen LogP contribution in [0.15, 0.2) is 24.3 Å². The Kier molecular flexibility index (Phi) is 6.79. The highest BCUT2D eigenvalue weighted by Gasteiger charge is 2.09. The summed E-state index contributed by atoms with van der Waals surface area (Å²) in [5.41, 5.74) is 0. The third kappa shape index (κ3) is 5.20. The molecule has 0 aliphatic rings. The van der Waals surface area contributed by atoms with Crippen LogP contribution >= 0.6 is 0 Å². The van der Waals surface area contributed by atoms with E-state index in [0.717, 1.165) is 12.8 Å². The standard InChI is InChI=1S/C15H23NO3/c1-4-12(5-2)16-15(17)10-11-19-14-9-7-6-8-13(14)18-3/h6-9,12H,4-5,10-11H2,1-3H3,(H,16,17). The first-order chi connectivity index (χ1) is 9.21. The minimum atomic E-state index is 0.0311. The molecule has 0 bridgehead atoms. The molecule has 1 rings (SSSR count). The molecule has 1 amide bonds. The van der Waals surface area contributed by atoms with Crippen LogP contribution in [0.2, 0.25) is 0 Å². The van der Waals surface area contributed by atoms with Crippen LogP contribution in [-0.4, -0.2) is 25.7 Å². The van der Waals surface area contributed by atoms with Gasteiger partial charge in [-0.3, -0.25) is 4.79 Å². The number of benzene rings is 1. The second kappa shape index (κ2) is 8.40. The minimum Gasteiger partial charge on any atom is -0.493 e. The van der Waals surface area contributed by atoms with Crippen LogP contribution < -0.4 is 14.8 Å². The SMILES string of the molecule is CCC(CC)NC(=O)CCOc1ccccc1OC. The molecule has 0 aliphatic carbocycles. The summed E-state index contributed by atoms with van der Waals surface area (Å²) in [4.78, 5) is 11.7. The van der Waals surface area contributed by atoms with Crippen LogP contribution in [0.5, 0.6) is 11.5 Å². The van der Waals surface area contributed by atoms with E-state index in [9.17, 15) is 4.79 Å². The molecule has 0 heterocycles. The molecule has 106 valence electrons. The van der Waals surface area contributed by atoms with Crippen LogP contribution in [0.4, 0.5) is 0 Å². The van der Waals surface area contributed by atoms with Gasteiger partial charge in [-0.2, -0.15) is 0 Å². The molecular formula is C15H23NO3. The zero-order valence-electron chi connectivity index (χ0n) is 11.9. The molecule has 4 nitrogen and oxygen atoms in total. The Morgan fingerprint density at radius 2 is 1.84 bits per heavy atom. The highest BCUT2D eigenvalue weighted by atomic mass is 16.5. The van der Waals surface area contributed by atoms with Crippen LogP contribution in [0.25, 0.3) is 0 Å². The number of amides is 1. The number of carbonyl (C=O) groups excluding carboxylic acids is 1. The monoisotopic (exact) mass is 265 g/mol. The first-order valence-electron chi connectivity index (χ1n) is 6.76. The maximum atomic E-state index is 11.7. The van der Waals surface area contributed by atoms with Gasteiger partial charge in [-0.1, -0.05) is 26.0 Å². The number of nitrogens with one attached hydrogen (secondary N) is 1. The molecule has 0 aliphatic heterocycles. The smallest absolute Gasteiger partial charge is 0.223 e. The summed E-state index contributed by atoms with van der Waals surface area (Å²) in [5, 5.41) is 2.98. The fourth-order valence-electron chi connectivity index (χ4n) is 1.78. The molecule has 0 radical (unpaired) electrons.